The topological polar surface area (TPSA) is 26.0 Å². The lowest BCUT2D eigenvalue weighted by atomic mass is 9.83. The second-order valence-electron chi connectivity index (χ2n) is 5.06. The smallest absolute Gasteiger partial charge is 0.00720 e. The zero-order valence-electron chi connectivity index (χ0n) is 10.7. The first-order valence-electron chi connectivity index (χ1n) is 6.75. The van der Waals surface area contributed by atoms with E-state index in [0.29, 0.717) is 6.04 Å². The summed E-state index contributed by atoms with van der Waals surface area (Å²) in [5.41, 5.74) is 7.43. The van der Waals surface area contributed by atoms with Crippen LogP contribution in [0.15, 0.2) is 29.2 Å². The van der Waals surface area contributed by atoms with Gasteiger partial charge in [-0.2, -0.15) is 0 Å². The lowest BCUT2D eigenvalue weighted by molar-refractivity contribution is 0.325. The lowest BCUT2D eigenvalue weighted by Crippen LogP contribution is -2.27. The number of nitrogens with two attached hydrogens (primary N) is 1. The van der Waals surface area contributed by atoms with Gasteiger partial charge in [0.15, 0.2) is 0 Å². The van der Waals surface area contributed by atoms with E-state index < -0.39 is 0 Å². The average Bonchev–Trinajstić information content (AvgIpc) is 2.35. The molecule has 0 aromatic heterocycles. The highest BCUT2D eigenvalue weighted by atomic mass is 32.2. The molecule has 0 heterocycles. The molecule has 0 amide bonds. The largest absolute Gasteiger partial charge is 0.328 e. The van der Waals surface area contributed by atoms with Crippen molar-refractivity contribution in [1.82, 2.24) is 0 Å². The minimum Gasteiger partial charge on any atom is -0.328 e. The first kappa shape index (κ1) is 13.0. The third-order valence-electron chi connectivity index (χ3n) is 3.65. The lowest BCUT2D eigenvalue weighted by Gasteiger charge is -2.26. The quantitative estimate of drug-likeness (QED) is 0.820. The van der Waals surface area contributed by atoms with Crippen molar-refractivity contribution in [3.63, 3.8) is 0 Å². The fraction of sp³-hybridized carbons (Fsp3) is 0.600. The molecule has 0 radical (unpaired) electrons. The fourth-order valence-corrected chi connectivity index (χ4v) is 3.28. The Hall–Kier alpha value is -0.470. The maximum absolute atomic E-state index is 5.94. The molecule has 2 N–H and O–H groups in total. The summed E-state index contributed by atoms with van der Waals surface area (Å²) in [5.74, 6) is 2.01. The van der Waals surface area contributed by atoms with E-state index in [0.717, 1.165) is 11.7 Å². The number of benzene rings is 1. The van der Waals surface area contributed by atoms with Crippen LogP contribution in [0.4, 0.5) is 0 Å². The van der Waals surface area contributed by atoms with Gasteiger partial charge in [0.2, 0.25) is 0 Å². The molecule has 94 valence electrons. The van der Waals surface area contributed by atoms with Gasteiger partial charge in [0.25, 0.3) is 0 Å². The van der Waals surface area contributed by atoms with Crippen LogP contribution in [-0.2, 0) is 6.42 Å². The second kappa shape index (κ2) is 6.46. The Bertz CT molecular complexity index is 325. The molecule has 17 heavy (non-hydrogen) atoms. The summed E-state index contributed by atoms with van der Waals surface area (Å²) in [6, 6.07) is 9.59. The Kier molecular flexibility index (Phi) is 4.93. The van der Waals surface area contributed by atoms with Gasteiger partial charge in [0, 0.05) is 10.9 Å². The Morgan fingerprint density at radius 1 is 1.12 bits per heavy atom. The van der Waals surface area contributed by atoms with Crippen LogP contribution in [0.5, 0.6) is 0 Å². The van der Waals surface area contributed by atoms with Crippen molar-refractivity contribution in [2.24, 2.45) is 11.7 Å². The fourth-order valence-electron chi connectivity index (χ4n) is 2.61. The highest BCUT2D eigenvalue weighted by Crippen LogP contribution is 2.27. The highest BCUT2D eigenvalue weighted by Gasteiger charge is 2.18. The van der Waals surface area contributed by atoms with Gasteiger partial charge < -0.3 is 5.73 Å². The maximum Gasteiger partial charge on any atom is 0.00720 e. The van der Waals surface area contributed by atoms with Crippen LogP contribution < -0.4 is 5.73 Å². The normalized spacial score (nSPS) is 24.8. The van der Waals surface area contributed by atoms with Crippen LogP contribution >= 0.6 is 11.8 Å². The zero-order valence-corrected chi connectivity index (χ0v) is 11.5. The molecule has 1 aliphatic carbocycles. The Balaban J connectivity index is 1.86. The Labute approximate surface area is 109 Å². The van der Waals surface area contributed by atoms with Crippen molar-refractivity contribution < 1.29 is 0 Å². The molecule has 1 aromatic rings. The van der Waals surface area contributed by atoms with Gasteiger partial charge in [-0.1, -0.05) is 19.1 Å². The molecule has 0 aliphatic heterocycles. The van der Waals surface area contributed by atoms with E-state index in [2.05, 4.69) is 31.2 Å². The van der Waals surface area contributed by atoms with Crippen LogP contribution in [0, 0.1) is 5.92 Å². The number of rotatable bonds is 4. The molecule has 1 fully saturated rings. The molecule has 1 saturated carbocycles. The number of hydrogen-bond acceptors (Lipinski definition) is 2. The summed E-state index contributed by atoms with van der Waals surface area (Å²) in [6.07, 6.45) is 6.30. The minimum absolute atomic E-state index is 0.467. The number of thioether (sulfide) groups is 1. The van der Waals surface area contributed by atoms with Crippen molar-refractivity contribution >= 4 is 11.8 Å². The third-order valence-corrected chi connectivity index (χ3v) is 4.54. The van der Waals surface area contributed by atoms with E-state index in [-0.39, 0.29) is 0 Å². The minimum atomic E-state index is 0.467. The van der Waals surface area contributed by atoms with Gasteiger partial charge in [-0.25, -0.2) is 0 Å². The molecule has 0 unspecified atom stereocenters. The van der Waals surface area contributed by atoms with Crippen molar-refractivity contribution in [3.05, 3.63) is 29.8 Å². The van der Waals surface area contributed by atoms with Crippen molar-refractivity contribution in [3.8, 4) is 0 Å². The predicted octanol–water partition coefficient (Wildman–Crippen LogP) is 3.86. The molecule has 0 saturated heterocycles. The molecule has 0 bridgehead atoms. The summed E-state index contributed by atoms with van der Waals surface area (Å²) in [4.78, 5) is 1.39. The predicted molar refractivity (Wildman–Crippen MR) is 76.5 cm³/mol. The molecular formula is C15H23NS. The van der Waals surface area contributed by atoms with E-state index in [1.807, 2.05) is 11.8 Å². The van der Waals surface area contributed by atoms with E-state index in [9.17, 15) is 0 Å². The van der Waals surface area contributed by atoms with E-state index in [1.165, 1.54) is 42.6 Å². The van der Waals surface area contributed by atoms with Gasteiger partial charge >= 0.3 is 0 Å². The summed E-state index contributed by atoms with van der Waals surface area (Å²) < 4.78 is 0. The van der Waals surface area contributed by atoms with Crippen molar-refractivity contribution in [2.75, 3.05) is 5.75 Å². The summed E-state index contributed by atoms with van der Waals surface area (Å²) in [5, 5.41) is 0. The van der Waals surface area contributed by atoms with Crippen LogP contribution in [0.25, 0.3) is 0 Å². The van der Waals surface area contributed by atoms with Crippen molar-refractivity contribution in [1.29, 1.82) is 0 Å². The van der Waals surface area contributed by atoms with E-state index >= 15 is 0 Å². The summed E-state index contributed by atoms with van der Waals surface area (Å²) >= 11 is 1.91. The third kappa shape index (κ3) is 4.04. The van der Waals surface area contributed by atoms with Gasteiger partial charge in [-0.05, 0) is 61.5 Å². The average molecular weight is 249 g/mol. The van der Waals surface area contributed by atoms with Crippen LogP contribution in [0.2, 0.25) is 0 Å². The summed E-state index contributed by atoms with van der Waals surface area (Å²) in [7, 11) is 0. The molecular weight excluding hydrogens is 226 g/mol. The van der Waals surface area contributed by atoms with E-state index in [4.69, 9.17) is 5.73 Å². The van der Waals surface area contributed by atoms with Crippen molar-refractivity contribution in [2.45, 2.75) is 50.0 Å². The zero-order chi connectivity index (χ0) is 12.1. The first-order chi connectivity index (χ1) is 8.28. The standard InChI is InChI=1S/C15H23NS/c1-2-17-15-9-5-13(6-10-15)11-12-3-7-14(16)8-4-12/h5-6,9-10,12,14H,2-4,7-8,11,16H2,1H3. The van der Waals surface area contributed by atoms with Crippen LogP contribution in [-0.4, -0.2) is 11.8 Å². The second-order valence-corrected chi connectivity index (χ2v) is 6.40. The van der Waals surface area contributed by atoms with Gasteiger partial charge in [-0.3, -0.25) is 0 Å². The molecule has 1 aliphatic rings. The monoisotopic (exact) mass is 249 g/mol. The molecule has 2 heteroatoms. The SMILES string of the molecule is CCSc1ccc(CC2CCC(N)CC2)cc1. The maximum atomic E-state index is 5.94. The Morgan fingerprint density at radius 3 is 2.35 bits per heavy atom. The van der Waals surface area contributed by atoms with Crippen LogP contribution in [0.3, 0.4) is 0 Å². The van der Waals surface area contributed by atoms with Gasteiger partial charge in [-0.15, -0.1) is 11.8 Å². The first-order valence-corrected chi connectivity index (χ1v) is 7.74. The highest BCUT2D eigenvalue weighted by molar-refractivity contribution is 7.99. The molecule has 0 spiro atoms. The molecule has 2 rings (SSSR count). The number of hydrogen-bond donors (Lipinski definition) is 1. The van der Waals surface area contributed by atoms with Gasteiger partial charge in [0.1, 0.15) is 0 Å². The van der Waals surface area contributed by atoms with E-state index in [1.54, 1.807) is 0 Å². The summed E-state index contributed by atoms with van der Waals surface area (Å²) in [6.45, 7) is 2.20. The van der Waals surface area contributed by atoms with Gasteiger partial charge in [0.05, 0.1) is 0 Å². The molecule has 1 aromatic carbocycles. The van der Waals surface area contributed by atoms with Crippen LogP contribution in [0.1, 0.15) is 38.2 Å². The molecule has 0 atom stereocenters. The molecule has 1 nitrogen and oxygen atoms in total. The Morgan fingerprint density at radius 2 is 1.76 bits per heavy atom.